The third-order valence-electron chi connectivity index (χ3n) is 4.21. The van der Waals surface area contributed by atoms with Crippen LogP contribution in [0.1, 0.15) is 22.6 Å². The maximum atomic E-state index is 13.5. The number of nitrogens with one attached hydrogen (secondary N) is 1. The fourth-order valence-electron chi connectivity index (χ4n) is 2.77. The fraction of sp³-hybridized carbons (Fsp3) is 0.105. The van der Waals surface area contributed by atoms with Crippen molar-refractivity contribution in [3.8, 4) is 0 Å². The predicted molar refractivity (Wildman–Crippen MR) is 101 cm³/mol. The molecule has 1 aliphatic rings. The number of halogens is 2. The molecule has 0 aromatic heterocycles. The van der Waals surface area contributed by atoms with Crippen LogP contribution in [0.5, 0.6) is 0 Å². The molecule has 7 heteroatoms. The molecule has 0 heterocycles. The first-order chi connectivity index (χ1) is 12.3. The topological polar surface area (TPSA) is 46.2 Å². The molecular weight excluding hydrogens is 376 g/mol. The minimum Gasteiger partial charge on any atom is -0.207 e. The van der Waals surface area contributed by atoms with Crippen molar-refractivity contribution in [2.24, 2.45) is 0 Å². The molecule has 1 atom stereocenters. The van der Waals surface area contributed by atoms with Gasteiger partial charge in [0.1, 0.15) is 5.82 Å². The number of allylic oxidation sites excluding steroid dienone is 4. The summed E-state index contributed by atoms with van der Waals surface area (Å²) in [7, 11) is -4.12. The lowest BCUT2D eigenvalue weighted by molar-refractivity contribution is 0.425. The molecule has 3 rings (SSSR count). The van der Waals surface area contributed by atoms with E-state index >= 15 is 0 Å². The second kappa shape index (κ2) is 7.19. The quantitative estimate of drug-likeness (QED) is 0.621. The van der Waals surface area contributed by atoms with Crippen molar-refractivity contribution < 1.29 is 17.3 Å². The van der Waals surface area contributed by atoms with E-state index in [4.69, 9.17) is 12.2 Å². The van der Waals surface area contributed by atoms with Crippen molar-refractivity contribution in [2.45, 2.75) is 17.7 Å². The molecule has 0 radical (unpaired) electrons. The molecule has 0 saturated carbocycles. The van der Waals surface area contributed by atoms with Gasteiger partial charge in [0.15, 0.2) is 0 Å². The zero-order chi connectivity index (χ0) is 18.9. The summed E-state index contributed by atoms with van der Waals surface area (Å²) in [6.45, 7) is 1.71. The molecule has 1 aliphatic carbocycles. The molecule has 2 aromatic carbocycles. The van der Waals surface area contributed by atoms with Crippen LogP contribution in [0.3, 0.4) is 0 Å². The standard InChI is InChI=1S/C19H15F2NO2S2/c1-12-10-15(5-9-18(12)20)17-8-4-14(11-19(17)25)13-2-6-16(7-3-13)26(23,24)22-21/h2-11,17,22H,1H3. The van der Waals surface area contributed by atoms with Crippen molar-refractivity contribution >= 4 is 32.7 Å². The van der Waals surface area contributed by atoms with Gasteiger partial charge in [0.2, 0.25) is 0 Å². The van der Waals surface area contributed by atoms with E-state index in [1.807, 2.05) is 18.2 Å². The molecule has 0 fully saturated rings. The van der Waals surface area contributed by atoms with Gasteiger partial charge in [0.05, 0.1) is 4.90 Å². The molecule has 2 aromatic rings. The van der Waals surface area contributed by atoms with E-state index in [0.29, 0.717) is 10.4 Å². The van der Waals surface area contributed by atoms with Gasteiger partial charge in [-0.3, -0.25) is 0 Å². The second-order valence-electron chi connectivity index (χ2n) is 5.95. The number of benzene rings is 2. The number of sulfonamides is 1. The van der Waals surface area contributed by atoms with Crippen LogP contribution in [0, 0.1) is 12.7 Å². The Kier molecular flexibility index (Phi) is 5.13. The van der Waals surface area contributed by atoms with Gasteiger partial charge in [-0.15, -0.1) is 4.48 Å². The summed E-state index contributed by atoms with van der Waals surface area (Å²) in [5, 5.41) is 0. The van der Waals surface area contributed by atoms with Crippen LogP contribution in [-0.2, 0) is 10.0 Å². The van der Waals surface area contributed by atoms with Gasteiger partial charge in [0, 0.05) is 10.8 Å². The molecule has 0 spiro atoms. The first-order valence-corrected chi connectivity index (χ1v) is 9.63. The van der Waals surface area contributed by atoms with Gasteiger partial charge in [-0.25, -0.2) is 12.8 Å². The predicted octanol–water partition coefficient (Wildman–Crippen LogP) is 4.40. The molecule has 134 valence electrons. The van der Waals surface area contributed by atoms with Gasteiger partial charge in [-0.05, 0) is 58.4 Å². The minimum absolute atomic E-state index is 0.122. The molecular formula is C19H15F2NO2S2. The lowest BCUT2D eigenvalue weighted by Crippen LogP contribution is -2.14. The van der Waals surface area contributed by atoms with E-state index in [-0.39, 0.29) is 16.6 Å². The normalized spacial score (nSPS) is 17.3. The lowest BCUT2D eigenvalue weighted by atomic mass is 9.87. The summed E-state index contributed by atoms with van der Waals surface area (Å²) in [5.74, 6) is -0.378. The van der Waals surface area contributed by atoms with E-state index in [9.17, 15) is 17.3 Å². The number of aryl methyl sites for hydroxylation is 1. The summed E-state index contributed by atoms with van der Waals surface area (Å²) in [5.41, 5.74) is 3.06. The largest absolute Gasteiger partial charge is 0.266 e. The first kappa shape index (κ1) is 18.6. The molecule has 0 aliphatic heterocycles. The van der Waals surface area contributed by atoms with Crippen molar-refractivity contribution in [2.75, 3.05) is 0 Å². The summed E-state index contributed by atoms with van der Waals surface area (Å²) in [6.07, 6.45) is 5.64. The number of rotatable bonds is 4. The third-order valence-corrected chi connectivity index (χ3v) is 5.68. The third kappa shape index (κ3) is 3.65. The van der Waals surface area contributed by atoms with Crippen molar-refractivity contribution in [1.82, 2.24) is 4.94 Å². The molecule has 0 amide bonds. The highest BCUT2D eigenvalue weighted by molar-refractivity contribution is 7.89. The Bertz CT molecular complexity index is 1030. The van der Waals surface area contributed by atoms with Crippen LogP contribution in [0.15, 0.2) is 65.6 Å². The maximum absolute atomic E-state index is 13.5. The van der Waals surface area contributed by atoms with Crippen LogP contribution in [0.25, 0.3) is 5.57 Å². The molecule has 1 unspecified atom stereocenters. The highest BCUT2D eigenvalue weighted by Gasteiger charge is 2.19. The second-order valence-corrected chi connectivity index (χ2v) is 8.06. The Hall–Kier alpha value is -2.22. The van der Waals surface area contributed by atoms with Crippen molar-refractivity contribution in [3.63, 3.8) is 0 Å². The Morgan fingerprint density at radius 2 is 1.81 bits per heavy atom. The summed E-state index contributed by atoms with van der Waals surface area (Å²) in [4.78, 5) is 1.31. The Balaban J connectivity index is 1.85. The number of hydrogen-bond donors (Lipinski definition) is 1. The maximum Gasteiger partial charge on any atom is 0.266 e. The van der Waals surface area contributed by atoms with Gasteiger partial charge in [-0.1, -0.05) is 48.6 Å². The highest BCUT2D eigenvalue weighted by atomic mass is 32.2. The number of hydrogen-bond acceptors (Lipinski definition) is 3. The van der Waals surface area contributed by atoms with Crippen LogP contribution >= 0.6 is 12.2 Å². The Morgan fingerprint density at radius 1 is 1.12 bits per heavy atom. The summed E-state index contributed by atoms with van der Waals surface area (Å²) >= 11 is 5.49. The van der Waals surface area contributed by atoms with E-state index in [1.54, 1.807) is 31.2 Å². The summed E-state index contributed by atoms with van der Waals surface area (Å²) < 4.78 is 48.6. The molecule has 26 heavy (non-hydrogen) atoms. The van der Waals surface area contributed by atoms with Crippen molar-refractivity contribution in [1.29, 1.82) is 0 Å². The Labute approximate surface area is 156 Å². The SMILES string of the molecule is Cc1cc(C2C=CC(c3ccc(S(=O)(=O)NF)cc3)=CC2=S)ccc1F. The zero-order valence-electron chi connectivity index (χ0n) is 13.7. The van der Waals surface area contributed by atoms with E-state index in [1.165, 1.54) is 18.2 Å². The average Bonchev–Trinajstić information content (AvgIpc) is 2.64. The van der Waals surface area contributed by atoms with Crippen LogP contribution in [0.4, 0.5) is 8.87 Å². The van der Waals surface area contributed by atoms with E-state index < -0.39 is 10.0 Å². The lowest BCUT2D eigenvalue weighted by Gasteiger charge is -2.19. The minimum atomic E-state index is -4.12. The molecule has 3 nitrogen and oxygen atoms in total. The Morgan fingerprint density at radius 3 is 2.38 bits per heavy atom. The van der Waals surface area contributed by atoms with E-state index in [0.717, 1.165) is 21.6 Å². The average molecular weight is 391 g/mol. The zero-order valence-corrected chi connectivity index (χ0v) is 15.4. The fourth-order valence-corrected chi connectivity index (χ4v) is 3.70. The van der Waals surface area contributed by atoms with Crippen LogP contribution < -0.4 is 4.94 Å². The summed E-state index contributed by atoms with van der Waals surface area (Å²) in [6, 6.07) is 10.7. The van der Waals surface area contributed by atoms with Gasteiger partial charge in [0.25, 0.3) is 10.0 Å². The number of thiocarbonyl (C=S) groups is 1. The van der Waals surface area contributed by atoms with Crippen LogP contribution in [0.2, 0.25) is 0 Å². The smallest absolute Gasteiger partial charge is 0.207 e. The van der Waals surface area contributed by atoms with Gasteiger partial charge in [-0.2, -0.15) is 0 Å². The first-order valence-electron chi connectivity index (χ1n) is 7.74. The highest BCUT2D eigenvalue weighted by Crippen LogP contribution is 2.30. The molecule has 0 bridgehead atoms. The molecule has 0 saturated heterocycles. The van der Waals surface area contributed by atoms with Crippen LogP contribution in [-0.4, -0.2) is 13.3 Å². The van der Waals surface area contributed by atoms with Gasteiger partial charge >= 0.3 is 0 Å². The molecule has 1 N–H and O–H groups in total. The van der Waals surface area contributed by atoms with Crippen molar-refractivity contribution in [3.05, 3.63) is 83.2 Å². The van der Waals surface area contributed by atoms with E-state index in [2.05, 4.69) is 0 Å². The van der Waals surface area contributed by atoms with Gasteiger partial charge < -0.3 is 0 Å². The monoisotopic (exact) mass is 391 g/mol.